The predicted molar refractivity (Wildman–Crippen MR) is 85.2 cm³/mol. The molecule has 0 aliphatic rings. The Morgan fingerprint density at radius 3 is 2.18 bits per heavy atom. The lowest BCUT2D eigenvalue weighted by molar-refractivity contribution is -0.155. The molecule has 1 aromatic carbocycles. The number of aliphatic imine (C=N–C) groups is 1. The van der Waals surface area contributed by atoms with Gasteiger partial charge >= 0.3 is 12.1 Å². The quantitative estimate of drug-likeness (QED) is 0.290. The highest BCUT2D eigenvalue weighted by atomic mass is 16.7. The van der Waals surface area contributed by atoms with Crippen molar-refractivity contribution in [1.29, 1.82) is 0 Å². The molecular weight excluding hydrogens is 286 g/mol. The Hall–Kier alpha value is -2.57. The molecule has 122 valence electrons. The standard InChI is InChI=1S/C13H17N3O4.C2H6/c1-8(2)12(17)19-7-20-13(18)16-11(15)9-3-5-10(14)6-4-9;1-2/h3-6,8H,7,14H2,1-2H3,(H2,15,16,18);1-2H3. The molecule has 1 rings (SSSR count). The molecule has 0 saturated carbocycles. The van der Waals surface area contributed by atoms with Crippen molar-refractivity contribution in [1.82, 2.24) is 0 Å². The van der Waals surface area contributed by atoms with E-state index in [2.05, 4.69) is 14.5 Å². The van der Waals surface area contributed by atoms with Crippen LogP contribution in [0.4, 0.5) is 10.5 Å². The lowest BCUT2D eigenvalue weighted by Gasteiger charge is -2.06. The van der Waals surface area contributed by atoms with Crippen LogP contribution in [0.25, 0.3) is 0 Å². The smallest absolute Gasteiger partial charge is 0.428 e. The maximum absolute atomic E-state index is 11.3. The molecule has 4 N–H and O–H groups in total. The van der Waals surface area contributed by atoms with E-state index in [9.17, 15) is 9.59 Å². The monoisotopic (exact) mass is 309 g/mol. The summed E-state index contributed by atoms with van der Waals surface area (Å²) in [6.07, 6.45) is -0.934. The highest BCUT2D eigenvalue weighted by molar-refractivity contribution is 6.02. The normalized spacial score (nSPS) is 10.5. The third-order valence-electron chi connectivity index (χ3n) is 2.27. The lowest BCUT2D eigenvalue weighted by atomic mass is 10.2. The van der Waals surface area contributed by atoms with E-state index in [1.165, 1.54) is 0 Å². The van der Waals surface area contributed by atoms with Crippen molar-refractivity contribution in [3.8, 4) is 0 Å². The predicted octanol–water partition coefficient (Wildman–Crippen LogP) is 2.29. The van der Waals surface area contributed by atoms with Gasteiger partial charge in [0.05, 0.1) is 5.92 Å². The Kier molecular flexibility index (Phi) is 9.01. The fourth-order valence-corrected chi connectivity index (χ4v) is 1.15. The van der Waals surface area contributed by atoms with Gasteiger partial charge in [0.25, 0.3) is 0 Å². The van der Waals surface area contributed by atoms with Crippen LogP contribution in [0, 0.1) is 5.92 Å². The van der Waals surface area contributed by atoms with Gasteiger partial charge in [-0.05, 0) is 24.3 Å². The average molecular weight is 309 g/mol. The van der Waals surface area contributed by atoms with Crippen LogP contribution < -0.4 is 11.5 Å². The number of esters is 1. The molecule has 0 fully saturated rings. The van der Waals surface area contributed by atoms with Gasteiger partial charge < -0.3 is 20.9 Å². The van der Waals surface area contributed by atoms with E-state index in [0.29, 0.717) is 11.3 Å². The van der Waals surface area contributed by atoms with E-state index in [-0.39, 0.29) is 11.8 Å². The molecule has 0 aliphatic carbocycles. The van der Waals surface area contributed by atoms with E-state index in [4.69, 9.17) is 11.5 Å². The third-order valence-corrected chi connectivity index (χ3v) is 2.27. The number of ether oxygens (including phenoxy) is 2. The zero-order valence-electron chi connectivity index (χ0n) is 13.3. The van der Waals surface area contributed by atoms with Crippen molar-refractivity contribution in [3.05, 3.63) is 29.8 Å². The summed E-state index contributed by atoms with van der Waals surface area (Å²) in [5.41, 5.74) is 12.3. The Bertz CT molecular complexity index is 510. The average Bonchev–Trinajstić information content (AvgIpc) is 2.49. The molecule has 0 heterocycles. The van der Waals surface area contributed by atoms with Crippen molar-refractivity contribution < 1.29 is 19.1 Å². The number of nitrogens with zero attached hydrogens (tertiary/aromatic N) is 1. The summed E-state index contributed by atoms with van der Waals surface area (Å²) < 4.78 is 9.27. The van der Waals surface area contributed by atoms with Crippen LogP contribution in [0.15, 0.2) is 29.3 Å². The number of hydrogen-bond acceptors (Lipinski definition) is 5. The van der Waals surface area contributed by atoms with E-state index >= 15 is 0 Å². The van der Waals surface area contributed by atoms with Gasteiger partial charge in [-0.1, -0.05) is 27.7 Å². The van der Waals surface area contributed by atoms with Crippen molar-refractivity contribution >= 4 is 23.6 Å². The SMILES string of the molecule is CC.CC(C)C(=O)OCOC(=O)/N=C(\N)c1ccc(N)cc1. The first-order valence-corrected chi connectivity index (χ1v) is 6.93. The second-order valence-electron chi connectivity index (χ2n) is 4.27. The highest BCUT2D eigenvalue weighted by Gasteiger charge is 2.10. The summed E-state index contributed by atoms with van der Waals surface area (Å²) in [4.78, 5) is 26.0. The fourth-order valence-electron chi connectivity index (χ4n) is 1.15. The molecule has 0 unspecified atom stereocenters. The van der Waals surface area contributed by atoms with Gasteiger partial charge in [-0.2, -0.15) is 4.99 Å². The molecule has 22 heavy (non-hydrogen) atoms. The van der Waals surface area contributed by atoms with Crippen LogP contribution in [0.1, 0.15) is 33.3 Å². The maximum atomic E-state index is 11.3. The summed E-state index contributed by atoms with van der Waals surface area (Å²) in [5, 5.41) is 0. The number of nitrogens with two attached hydrogens (primary N) is 2. The molecule has 0 aliphatic heterocycles. The summed E-state index contributed by atoms with van der Waals surface area (Å²) in [6.45, 7) is 6.84. The maximum Gasteiger partial charge on any atom is 0.438 e. The highest BCUT2D eigenvalue weighted by Crippen LogP contribution is 2.05. The third kappa shape index (κ3) is 7.28. The van der Waals surface area contributed by atoms with Gasteiger partial charge in [0.15, 0.2) is 0 Å². The Balaban J connectivity index is 0.00000211. The van der Waals surface area contributed by atoms with E-state index in [1.54, 1.807) is 38.1 Å². The fraction of sp³-hybridized carbons (Fsp3) is 0.400. The topological polar surface area (TPSA) is 117 Å². The summed E-state index contributed by atoms with van der Waals surface area (Å²) >= 11 is 0. The number of anilines is 1. The zero-order chi connectivity index (χ0) is 17.1. The first-order valence-electron chi connectivity index (χ1n) is 6.93. The van der Waals surface area contributed by atoms with Crippen molar-refractivity contribution in [3.63, 3.8) is 0 Å². The van der Waals surface area contributed by atoms with Crippen molar-refractivity contribution in [2.24, 2.45) is 16.6 Å². The van der Waals surface area contributed by atoms with Crippen molar-refractivity contribution in [2.75, 3.05) is 12.5 Å². The second-order valence-corrected chi connectivity index (χ2v) is 4.27. The Morgan fingerprint density at radius 2 is 1.68 bits per heavy atom. The number of carbonyl (C=O) groups is 2. The number of benzene rings is 1. The van der Waals surface area contributed by atoms with Gasteiger partial charge in [-0.15, -0.1) is 0 Å². The first kappa shape index (κ1) is 19.4. The molecule has 0 spiro atoms. The van der Waals surface area contributed by atoms with Crippen LogP contribution in [0.5, 0.6) is 0 Å². The molecule has 7 heteroatoms. The largest absolute Gasteiger partial charge is 0.438 e. The number of amides is 1. The summed E-state index contributed by atoms with van der Waals surface area (Å²) in [6, 6.07) is 6.52. The number of nitrogen functional groups attached to an aromatic ring is 1. The zero-order valence-corrected chi connectivity index (χ0v) is 13.3. The number of hydrogen-bond donors (Lipinski definition) is 2. The number of rotatable bonds is 4. The van der Waals surface area contributed by atoms with E-state index < -0.39 is 18.9 Å². The molecule has 0 bridgehead atoms. The first-order chi connectivity index (χ1) is 10.4. The molecule has 1 amide bonds. The minimum Gasteiger partial charge on any atom is -0.428 e. The van der Waals surface area contributed by atoms with Gasteiger partial charge in [0, 0.05) is 11.3 Å². The van der Waals surface area contributed by atoms with E-state index in [1.807, 2.05) is 13.8 Å². The molecule has 0 radical (unpaired) electrons. The van der Waals surface area contributed by atoms with Crippen LogP contribution in [-0.2, 0) is 14.3 Å². The van der Waals surface area contributed by atoms with Crippen LogP contribution >= 0.6 is 0 Å². The lowest BCUT2D eigenvalue weighted by Crippen LogP contribution is -2.18. The molecule has 0 saturated heterocycles. The van der Waals surface area contributed by atoms with Crippen LogP contribution in [0.3, 0.4) is 0 Å². The Labute approximate surface area is 130 Å². The molecule has 0 atom stereocenters. The molecule has 0 aromatic heterocycles. The molecule has 1 aromatic rings. The van der Waals surface area contributed by atoms with Crippen molar-refractivity contribution in [2.45, 2.75) is 27.7 Å². The van der Waals surface area contributed by atoms with E-state index in [0.717, 1.165) is 0 Å². The minimum atomic E-state index is -0.934. The number of carbonyl (C=O) groups excluding carboxylic acids is 2. The molecule has 7 nitrogen and oxygen atoms in total. The van der Waals surface area contributed by atoms with Crippen LogP contribution in [-0.4, -0.2) is 24.7 Å². The minimum absolute atomic E-state index is 0.00909. The molecular formula is C15H23N3O4. The second kappa shape index (κ2) is 10.2. The summed E-state index contributed by atoms with van der Waals surface area (Å²) in [7, 11) is 0. The van der Waals surface area contributed by atoms with Gasteiger partial charge in [0.2, 0.25) is 6.79 Å². The van der Waals surface area contributed by atoms with Gasteiger partial charge in [0.1, 0.15) is 5.84 Å². The number of amidine groups is 1. The van der Waals surface area contributed by atoms with Gasteiger partial charge in [-0.25, -0.2) is 4.79 Å². The van der Waals surface area contributed by atoms with Gasteiger partial charge in [-0.3, -0.25) is 4.79 Å². The Morgan fingerprint density at radius 1 is 1.14 bits per heavy atom. The van der Waals surface area contributed by atoms with Crippen LogP contribution in [0.2, 0.25) is 0 Å². The summed E-state index contributed by atoms with van der Waals surface area (Å²) in [5.74, 6) is -0.768.